The van der Waals surface area contributed by atoms with Gasteiger partial charge in [-0.1, -0.05) is 0 Å². The molecule has 0 aromatic heterocycles. The van der Waals surface area contributed by atoms with Crippen molar-refractivity contribution < 1.29 is 23.3 Å². The molecular formula is C5H7F3O2. The molecule has 0 aliphatic heterocycles. The summed E-state index contributed by atoms with van der Waals surface area (Å²) >= 11 is 0. The highest BCUT2D eigenvalue weighted by Crippen LogP contribution is 2.47. The molecule has 0 radical (unpaired) electrons. The molecule has 0 amide bonds. The topological polar surface area (TPSA) is 29.5 Å². The number of hydrogen-bond acceptors (Lipinski definition) is 2. The Bertz CT molecular complexity index is 122. The second-order valence-corrected chi connectivity index (χ2v) is 2.44. The fourth-order valence-corrected chi connectivity index (χ4v) is 0.924. The maximum Gasteiger partial charge on any atom is 0.420 e. The van der Waals surface area contributed by atoms with Crippen molar-refractivity contribution in [1.82, 2.24) is 0 Å². The zero-order valence-electron chi connectivity index (χ0n) is 5.11. The lowest BCUT2D eigenvalue weighted by Crippen LogP contribution is -2.52. The fraction of sp³-hybridized carbons (Fsp3) is 1.00. The van der Waals surface area contributed by atoms with Gasteiger partial charge < -0.3 is 0 Å². The molecule has 1 rings (SSSR count). The first kappa shape index (κ1) is 7.81. The Hall–Kier alpha value is -0.290. The molecule has 1 aliphatic carbocycles. The molecule has 60 valence electrons. The fourth-order valence-electron chi connectivity index (χ4n) is 0.924. The van der Waals surface area contributed by atoms with E-state index in [4.69, 9.17) is 5.26 Å². The Kier molecular flexibility index (Phi) is 1.64. The van der Waals surface area contributed by atoms with Gasteiger partial charge in [-0.05, 0) is 19.3 Å². The predicted octanol–water partition coefficient (Wildman–Crippen LogP) is 1.96. The van der Waals surface area contributed by atoms with Gasteiger partial charge in [-0.25, -0.2) is 4.89 Å². The third-order valence-electron chi connectivity index (χ3n) is 1.85. The van der Waals surface area contributed by atoms with Crippen molar-refractivity contribution >= 4 is 0 Å². The first-order chi connectivity index (χ1) is 4.52. The minimum atomic E-state index is -4.43. The Balaban J connectivity index is 2.65. The monoisotopic (exact) mass is 156 g/mol. The van der Waals surface area contributed by atoms with E-state index >= 15 is 0 Å². The van der Waals surface area contributed by atoms with Crippen LogP contribution < -0.4 is 0 Å². The van der Waals surface area contributed by atoms with Gasteiger partial charge in [0.1, 0.15) is 0 Å². The van der Waals surface area contributed by atoms with Crippen LogP contribution in [0.1, 0.15) is 19.3 Å². The first-order valence-electron chi connectivity index (χ1n) is 2.91. The van der Waals surface area contributed by atoms with E-state index in [9.17, 15) is 13.2 Å². The summed E-state index contributed by atoms with van der Waals surface area (Å²) in [6, 6.07) is 0. The number of rotatable bonds is 1. The summed E-state index contributed by atoms with van der Waals surface area (Å²) in [7, 11) is 0. The second-order valence-electron chi connectivity index (χ2n) is 2.44. The third kappa shape index (κ3) is 0.894. The molecule has 0 aromatic rings. The van der Waals surface area contributed by atoms with Crippen LogP contribution in [0.3, 0.4) is 0 Å². The quantitative estimate of drug-likeness (QED) is 0.464. The Labute approximate surface area is 55.5 Å². The molecule has 0 atom stereocenters. The maximum absolute atomic E-state index is 11.9. The molecule has 10 heavy (non-hydrogen) atoms. The second kappa shape index (κ2) is 2.10. The van der Waals surface area contributed by atoms with E-state index in [1.807, 2.05) is 0 Å². The summed E-state index contributed by atoms with van der Waals surface area (Å²) in [6.45, 7) is 0. The van der Waals surface area contributed by atoms with Crippen LogP contribution in [0, 0.1) is 0 Å². The van der Waals surface area contributed by atoms with Gasteiger partial charge in [0.2, 0.25) is 0 Å². The van der Waals surface area contributed by atoms with Crippen LogP contribution in [-0.4, -0.2) is 17.0 Å². The molecule has 0 bridgehead atoms. The highest BCUT2D eigenvalue weighted by Gasteiger charge is 2.60. The summed E-state index contributed by atoms with van der Waals surface area (Å²) in [5.74, 6) is 0. The Morgan fingerprint density at radius 3 is 1.80 bits per heavy atom. The smallest absolute Gasteiger partial charge is 0.251 e. The molecule has 5 heteroatoms. The van der Waals surface area contributed by atoms with E-state index in [0.717, 1.165) is 0 Å². The zero-order chi connectivity index (χ0) is 7.83. The molecule has 1 aliphatic rings. The van der Waals surface area contributed by atoms with Crippen molar-refractivity contribution in [3.8, 4) is 0 Å². The molecular weight excluding hydrogens is 149 g/mol. The van der Waals surface area contributed by atoms with Crippen LogP contribution >= 0.6 is 0 Å². The van der Waals surface area contributed by atoms with Crippen molar-refractivity contribution in [2.45, 2.75) is 31.0 Å². The summed E-state index contributed by atoms with van der Waals surface area (Å²) in [5, 5.41) is 7.95. The van der Waals surface area contributed by atoms with Crippen LogP contribution in [0.25, 0.3) is 0 Å². The number of alkyl halides is 3. The highest BCUT2D eigenvalue weighted by molar-refractivity contribution is 4.95. The molecule has 2 nitrogen and oxygen atoms in total. The van der Waals surface area contributed by atoms with Crippen LogP contribution in [0.5, 0.6) is 0 Å². The van der Waals surface area contributed by atoms with E-state index in [1.54, 1.807) is 0 Å². The van der Waals surface area contributed by atoms with Gasteiger partial charge >= 0.3 is 6.18 Å². The van der Waals surface area contributed by atoms with Crippen molar-refractivity contribution in [3.63, 3.8) is 0 Å². The summed E-state index contributed by atoms with van der Waals surface area (Å²) in [4.78, 5) is 3.41. The highest BCUT2D eigenvalue weighted by atomic mass is 19.4. The summed E-state index contributed by atoms with van der Waals surface area (Å²) in [5.41, 5.74) is -2.24. The molecule has 0 heterocycles. The minimum Gasteiger partial charge on any atom is -0.251 e. The van der Waals surface area contributed by atoms with Crippen molar-refractivity contribution in [1.29, 1.82) is 0 Å². The van der Waals surface area contributed by atoms with E-state index in [2.05, 4.69) is 4.89 Å². The first-order valence-corrected chi connectivity index (χ1v) is 2.91. The third-order valence-corrected chi connectivity index (χ3v) is 1.85. The van der Waals surface area contributed by atoms with Crippen molar-refractivity contribution in [3.05, 3.63) is 0 Å². The van der Waals surface area contributed by atoms with Crippen LogP contribution in [0.4, 0.5) is 13.2 Å². The lowest BCUT2D eigenvalue weighted by atomic mass is 9.80. The van der Waals surface area contributed by atoms with Crippen LogP contribution in [0.15, 0.2) is 0 Å². The molecule has 0 spiro atoms. The molecule has 1 N–H and O–H groups in total. The predicted molar refractivity (Wildman–Crippen MR) is 26.4 cm³/mol. The van der Waals surface area contributed by atoms with E-state index < -0.39 is 11.8 Å². The number of hydrogen-bond donors (Lipinski definition) is 1. The lowest BCUT2D eigenvalue weighted by molar-refractivity contribution is -0.421. The van der Waals surface area contributed by atoms with Gasteiger partial charge in [-0.15, -0.1) is 0 Å². The SMILES string of the molecule is OOC1(C(F)(F)F)CCC1. The van der Waals surface area contributed by atoms with Crippen molar-refractivity contribution in [2.75, 3.05) is 0 Å². The summed E-state index contributed by atoms with van der Waals surface area (Å²) in [6.07, 6.45) is -4.24. The largest absolute Gasteiger partial charge is 0.420 e. The standard InChI is InChI=1S/C5H7F3O2/c6-5(7,8)4(10-9)2-1-3-4/h9H,1-3H2. The van der Waals surface area contributed by atoms with Crippen LogP contribution in [-0.2, 0) is 4.89 Å². The molecule has 1 saturated carbocycles. The van der Waals surface area contributed by atoms with E-state index in [-0.39, 0.29) is 12.8 Å². The maximum atomic E-state index is 11.9. The summed E-state index contributed by atoms with van der Waals surface area (Å²) < 4.78 is 35.6. The van der Waals surface area contributed by atoms with Crippen molar-refractivity contribution in [2.24, 2.45) is 0 Å². The molecule has 0 aromatic carbocycles. The van der Waals surface area contributed by atoms with E-state index in [0.29, 0.717) is 6.42 Å². The molecule has 0 saturated heterocycles. The molecule has 0 unspecified atom stereocenters. The average Bonchev–Trinajstić information content (AvgIpc) is 1.58. The van der Waals surface area contributed by atoms with E-state index in [1.165, 1.54) is 0 Å². The number of halogens is 3. The van der Waals surface area contributed by atoms with Gasteiger partial charge in [0.25, 0.3) is 0 Å². The van der Waals surface area contributed by atoms with Gasteiger partial charge in [0, 0.05) is 0 Å². The Morgan fingerprint density at radius 1 is 1.30 bits per heavy atom. The van der Waals surface area contributed by atoms with Crippen LogP contribution in [0.2, 0.25) is 0 Å². The Morgan fingerprint density at radius 2 is 1.80 bits per heavy atom. The average molecular weight is 156 g/mol. The van der Waals surface area contributed by atoms with Gasteiger partial charge in [-0.2, -0.15) is 13.2 Å². The van der Waals surface area contributed by atoms with Gasteiger partial charge in [0.05, 0.1) is 0 Å². The molecule has 1 fully saturated rings. The lowest BCUT2D eigenvalue weighted by Gasteiger charge is -2.39. The zero-order valence-corrected chi connectivity index (χ0v) is 5.11. The van der Waals surface area contributed by atoms with Gasteiger partial charge in [0.15, 0.2) is 5.60 Å². The normalized spacial score (nSPS) is 24.0. The minimum absolute atomic E-state index is 0.132. The van der Waals surface area contributed by atoms with Gasteiger partial charge in [-0.3, -0.25) is 5.26 Å².